The molecule has 0 aromatic carbocycles. The van der Waals surface area contributed by atoms with E-state index in [9.17, 15) is 9.59 Å². The van der Waals surface area contributed by atoms with Gasteiger partial charge in [-0.05, 0) is 45.1 Å². The van der Waals surface area contributed by atoms with Crippen LogP contribution in [-0.2, 0) is 4.79 Å². The monoisotopic (exact) mass is 427 g/mol. The van der Waals surface area contributed by atoms with Crippen LogP contribution >= 0.6 is 0 Å². The normalized spacial score (nSPS) is 15.3. The second-order valence-corrected chi connectivity index (χ2v) is 9.35. The summed E-state index contributed by atoms with van der Waals surface area (Å²) in [5.74, 6) is 0.460. The molecule has 3 heterocycles. The lowest BCUT2D eigenvalue weighted by Crippen LogP contribution is -2.43. The van der Waals surface area contributed by atoms with Gasteiger partial charge in [-0.15, -0.1) is 0 Å². The Morgan fingerprint density at radius 1 is 1.19 bits per heavy atom. The molecule has 0 atom stereocenters. The third kappa shape index (κ3) is 4.91. The van der Waals surface area contributed by atoms with E-state index >= 15 is 0 Å². The molecule has 2 amide bonds. The molecule has 0 bridgehead atoms. The van der Waals surface area contributed by atoms with E-state index in [1.807, 2.05) is 27.6 Å². The van der Waals surface area contributed by atoms with Crippen LogP contribution in [0, 0.1) is 5.92 Å². The molecule has 0 saturated carbocycles. The summed E-state index contributed by atoms with van der Waals surface area (Å²) in [6, 6.07) is 2.10. The Labute approximate surface area is 185 Å². The van der Waals surface area contributed by atoms with Gasteiger partial charge in [0.05, 0.1) is 17.1 Å². The Morgan fingerprint density at radius 2 is 1.87 bits per heavy atom. The zero-order chi connectivity index (χ0) is 22.7. The van der Waals surface area contributed by atoms with Crippen molar-refractivity contribution in [1.29, 1.82) is 0 Å². The maximum Gasteiger partial charge on any atom is 0.254 e. The number of rotatable bonds is 7. The minimum atomic E-state index is 0.0123. The van der Waals surface area contributed by atoms with Crippen molar-refractivity contribution in [2.75, 3.05) is 26.7 Å². The highest BCUT2D eigenvalue weighted by Gasteiger charge is 2.30. The molecular weight excluding hydrogens is 390 g/mol. The minimum Gasteiger partial charge on any atom is -0.346 e. The first-order chi connectivity index (χ1) is 14.7. The number of carbonyl (C=O) groups excluding carboxylic acids is 2. The minimum absolute atomic E-state index is 0.0123. The van der Waals surface area contributed by atoms with Gasteiger partial charge >= 0.3 is 0 Å². The SMILES string of the molecule is CCCCN(C)C(=O)C1CCN(C(=O)c2cc(C(C)C)nc3c2cnn3C(C)C)CC1. The number of pyridine rings is 1. The van der Waals surface area contributed by atoms with Gasteiger partial charge in [-0.1, -0.05) is 27.2 Å². The lowest BCUT2D eigenvalue weighted by atomic mass is 9.94. The summed E-state index contributed by atoms with van der Waals surface area (Å²) in [5, 5.41) is 5.30. The fourth-order valence-electron chi connectivity index (χ4n) is 4.21. The van der Waals surface area contributed by atoms with Crippen LogP contribution in [0.4, 0.5) is 0 Å². The van der Waals surface area contributed by atoms with E-state index in [4.69, 9.17) is 4.98 Å². The van der Waals surface area contributed by atoms with E-state index in [1.54, 1.807) is 6.20 Å². The molecule has 1 fully saturated rings. The molecule has 1 aliphatic rings. The van der Waals surface area contributed by atoms with Crippen LogP contribution in [0.25, 0.3) is 11.0 Å². The quantitative estimate of drug-likeness (QED) is 0.662. The Morgan fingerprint density at radius 3 is 2.45 bits per heavy atom. The Balaban J connectivity index is 1.79. The number of unbranched alkanes of at least 4 members (excludes halogenated alkanes) is 1. The van der Waals surface area contributed by atoms with Crippen LogP contribution in [0.3, 0.4) is 0 Å². The highest BCUT2D eigenvalue weighted by Crippen LogP contribution is 2.27. The van der Waals surface area contributed by atoms with E-state index in [2.05, 4.69) is 39.7 Å². The van der Waals surface area contributed by atoms with E-state index in [1.165, 1.54) is 0 Å². The summed E-state index contributed by atoms with van der Waals surface area (Å²) in [7, 11) is 1.89. The second-order valence-electron chi connectivity index (χ2n) is 9.35. The summed E-state index contributed by atoms with van der Waals surface area (Å²) in [6.07, 6.45) is 5.31. The first-order valence-corrected chi connectivity index (χ1v) is 11.7. The van der Waals surface area contributed by atoms with Crippen molar-refractivity contribution in [3.05, 3.63) is 23.5 Å². The smallest absolute Gasteiger partial charge is 0.254 e. The number of hydrogen-bond donors (Lipinski definition) is 0. The van der Waals surface area contributed by atoms with Crippen molar-refractivity contribution in [3.8, 4) is 0 Å². The van der Waals surface area contributed by atoms with Crippen molar-refractivity contribution >= 4 is 22.8 Å². The molecule has 0 radical (unpaired) electrons. The van der Waals surface area contributed by atoms with Crippen LogP contribution in [0.1, 0.15) is 88.3 Å². The molecule has 0 unspecified atom stereocenters. The zero-order valence-corrected chi connectivity index (χ0v) is 19.9. The number of carbonyl (C=O) groups is 2. The number of aromatic nitrogens is 3. The topological polar surface area (TPSA) is 71.3 Å². The van der Waals surface area contributed by atoms with E-state index < -0.39 is 0 Å². The molecule has 1 saturated heterocycles. The molecule has 7 nitrogen and oxygen atoms in total. The van der Waals surface area contributed by atoms with Gasteiger partial charge in [-0.2, -0.15) is 5.10 Å². The van der Waals surface area contributed by atoms with Gasteiger partial charge in [0.1, 0.15) is 0 Å². The molecule has 0 aliphatic carbocycles. The average molecular weight is 428 g/mol. The maximum absolute atomic E-state index is 13.5. The lowest BCUT2D eigenvalue weighted by molar-refractivity contribution is -0.135. The molecule has 0 N–H and O–H groups in total. The van der Waals surface area contributed by atoms with Crippen LogP contribution in [-0.4, -0.2) is 63.1 Å². The van der Waals surface area contributed by atoms with Crippen LogP contribution in [0.5, 0.6) is 0 Å². The first-order valence-electron chi connectivity index (χ1n) is 11.7. The van der Waals surface area contributed by atoms with Gasteiger partial charge in [0.15, 0.2) is 5.65 Å². The molecule has 170 valence electrons. The lowest BCUT2D eigenvalue weighted by Gasteiger charge is -2.33. The fraction of sp³-hybridized carbons (Fsp3) is 0.667. The van der Waals surface area contributed by atoms with Crippen molar-refractivity contribution in [2.45, 2.75) is 72.3 Å². The van der Waals surface area contributed by atoms with Crippen LogP contribution in [0.2, 0.25) is 0 Å². The Kier molecular flexibility index (Phi) is 7.34. The van der Waals surface area contributed by atoms with E-state index in [0.717, 1.165) is 49.0 Å². The Hall–Kier alpha value is -2.44. The predicted molar refractivity (Wildman–Crippen MR) is 123 cm³/mol. The number of nitrogens with zero attached hydrogens (tertiary/aromatic N) is 5. The van der Waals surface area contributed by atoms with Crippen LogP contribution < -0.4 is 0 Å². The van der Waals surface area contributed by atoms with Gasteiger partial charge in [0, 0.05) is 44.3 Å². The largest absolute Gasteiger partial charge is 0.346 e. The third-order valence-electron chi connectivity index (χ3n) is 6.25. The van der Waals surface area contributed by atoms with Crippen LogP contribution in [0.15, 0.2) is 12.3 Å². The maximum atomic E-state index is 13.5. The number of likely N-dealkylation sites (tertiary alicyclic amines) is 1. The molecule has 3 rings (SSSR count). The fourth-order valence-corrected chi connectivity index (χ4v) is 4.21. The van der Waals surface area contributed by atoms with Gasteiger partial charge in [-0.3, -0.25) is 9.59 Å². The first kappa shape index (κ1) is 23.2. The van der Waals surface area contributed by atoms with Crippen molar-refractivity contribution < 1.29 is 9.59 Å². The van der Waals surface area contributed by atoms with E-state index in [0.29, 0.717) is 18.7 Å². The third-order valence-corrected chi connectivity index (χ3v) is 6.25. The van der Waals surface area contributed by atoms with E-state index in [-0.39, 0.29) is 29.7 Å². The summed E-state index contributed by atoms with van der Waals surface area (Å²) in [4.78, 5) is 34.7. The van der Waals surface area contributed by atoms with Crippen molar-refractivity contribution in [3.63, 3.8) is 0 Å². The predicted octanol–water partition coefficient (Wildman–Crippen LogP) is 4.25. The molecule has 1 aliphatic heterocycles. The summed E-state index contributed by atoms with van der Waals surface area (Å²) < 4.78 is 1.88. The average Bonchev–Trinajstić information content (AvgIpc) is 3.20. The van der Waals surface area contributed by atoms with Gasteiger partial charge in [0.25, 0.3) is 5.91 Å². The van der Waals surface area contributed by atoms with Crippen molar-refractivity contribution in [1.82, 2.24) is 24.6 Å². The zero-order valence-electron chi connectivity index (χ0n) is 19.9. The molecule has 2 aromatic rings. The molecule has 31 heavy (non-hydrogen) atoms. The standard InChI is InChI=1S/C24H37N5O2/c1-7-8-11-27(6)23(30)18-9-12-28(13-10-18)24(31)19-14-21(16(2)3)26-22-20(19)15-25-29(22)17(4)5/h14-18H,7-13H2,1-6H3. The molecule has 0 spiro atoms. The van der Waals surface area contributed by atoms with Crippen molar-refractivity contribution in [2.24, 2.45) is 5.92 Å². The number of piperidine rings is 1. The molecule has 7 heteroatoms. The highest BCUT2D eigenvalue weighted by atomic mass is 16.2. The number of hydrogen-bond acceptors (Lipinski definition) is 4. The molecule has 2 aromatic heterocycles. The summed E-state index contributed by atoms with van der Waals surface area (Å²) >= 11 is 0. The Bertz CT molecular complexity index is 925. The summed E-state index contributed by atoms with van der Waals surface area (Å²) in [5.41, 5.74) is 2.35. The molecular formula is C24H37N5O2. The number of amides is 2. The number of fused-ring (bicyclic) bond motifs is 1. The van der Waals surface area contributed by atoms with Gasteiger partial charge < -0.3 is 9.80 Å². The second kappa shape index (κ2) is 9.79. The van der Waals surface area contributed by atoms with Gasteiger partial charge in [0.2, 0.25) is 5.91 Å². The summed E-state index contributed by atoms with van der Waals surface area (Å²) in [6.45, 7) is 12.5. The highest BCUT2D eigenvalue weighted by molar-refractivity contribution is 6.05. The van der Waals surface area contributed by atoms with Gasteiger partial charge in [-0.25, -0.2) is 9.67 Å².